The van der Waals surface area contributed by atoms with Crippen LogP contribution in [0.2, 0.25) is 0 Å². The molecule has 0 aliphatic carbocycles. The molecule has 150 valence electrons. The van der Waals surface area contributed by atoms with Crippen LogP contribution in [0, 0.1) is 6.92 Å². The van der Waals surface area contributed by atoms with E-state index in [2.05, 4.69) is 71.1 Å². The minimum Gasteiger partial charge on any atom is -0.381 e. The number of nitrogens with one attached hydrogen (secondary N) is 2. The summed E-state index contributed by atoms with van der Waals surface area (Å²) in [6.45, 7) is 5.87. The van der Waals surface area contributed by atoms with E-state index < -0.39 is 0 Å². The molecule has 2 N–H and O–H groups in total. The van der Waals surface area contributed by atoms with Crippen molar-refractivity contribution >= 4 is 5.96 Å². The predicted octanol–water partition coefficient (Wildman–Crippen LogP) is 3.56. The molecule has 2 aromatic carbocycles. The fourth-order valence-corrected chi connectivity index (χ4v) is 3.11. The second-order valence-electron chi connectivity index (χ2n) is 7.20. The second-order valence-corrected chi connectivity index (χ2v) is 7.20. The molecule has 5 heteroatoms. The predicted molar refractivity (Wildman–Crippen MR) is 113 cm³/mol. The van der Waals surface area contributed by atoms with E-state index in [0.29, 0.717) is 12.7 Å². The van der Waals surface area contributed by atoms with Gasteiger partial charge in [0.2, 0.25) is 0 Å². The van der Waals surface area contributed by atoms with Crippen molar-refractivity contribution in [1.82, 2.24) is 10.6 Å². The number of aliphatic imine (C=N–C) groups is 1. The standard InChI is InChI=1S/C23H31N3O2/c1-18-3-5-19(6-4-18)15-25-23(24-2)26-16-20-7-9-21(10-8-20)17-28-22-11-13-27-14-12-22/h3-10,22H,11-17H2,1-2H3,(H2,24,25,26). The zero-order valence-electron chi connectivity index (χ0n) is 16.9. The smallest absolute Gasteiger partial charge is 0.191 e. The molecule has 2 aromatic rings. The average Bonchev–Trinajstić information content (AvgIpc) is 2.75. The van der Waals surface area contributed by atoms with Gasteiger partial charge in [-0.15, -0.1) is 0 Å². The lowest BCUT2D eigenvalue weighted by molar-refractivity contribution is -0.0390. The van der Waals surface area contributed by atoms with Gasteiger partial charge in [-0.2, -0.15) is 0 Å². The molecule has 0 aromatic heterocycles. The first-order valence-corrected chi connectivity index (χ1v) is 10.00. The molecule has 0 amide bonds. The number of guanidine groups is 1. The highest BCUT2D eigenvalue weighted by Gasteiger charge is 2.13. The molecule has 0 atom stereocenters. The zero-order valence-corrected chi connectivity index (χ0v) is 16.9. The Morgan fingerprint density at radius 1 is 0.929 bits per heavy atom. The van der Waals surface area contributed by atoms with Crippen LogP contribution in [0.15, 0.2) is 53.5 Å². The van der Waals surface area contributed by atoms with E-state index in [1.54, 1.807) is 7.05 Å². The van der Waals surface area contributed by atoms with Gasteiger partial charge >= 0.3 is 0 Å². The van der Waals surface area contributed by atoms with Crippen LogP contribution in [0.25, 0.3) is 0 Å². The number of rotatable bonds is 7. The van der Waals surface area contributed by atoms with Crippen molar-refractivity contribution in [1.29, 1.82) is 0 Å². The SMILES string of the molecule is CN=C(NCc1ccc(C)cc1)NCc1ccc(COC2CCOCC2)cc1. The van der Waals surface area contributed by atoms with E-state index in [0.717, 1.165) is 45.1 Å². The Labute approximate surface area is 168 Å². The molecule has 0 unspecified atom stereocenters. The maximum atomic E-state index is 5.98. The third-order valence-corrected chi connectivity index (χ3v) is 4.94. The van der Waals surface area contributed by atoms with Crippen molar-refractivity contribution in [3.8, 4) is 0 Å². The zero-order chi connectivity index (χ0) is 19.6. The Bertz CT molecular complexity index is 735. The third-order valence-electron chi connectivity index (χ3n) is 4.94. The Balaban J connectivity index is 1.40. The molecule has 1 saturated heterocycles. The Morgan fingerprint density at radius 3 is 2.04 bits per heavy atom. The van der Waals surface area contributed by atoms with Gasteiger partial charge in [0.15, 0.2) is 5.96 Å². The van der Waals surface area contributed by atoms with Gasteiger partial charge in [0.1, 0.15) is 0 Å². The summed E-state index contributed by atoms with van der Waals surface area (Å²) in [4.78, 5) is 4.30. The largest absolute Gasteiger partial charge is 0.381 e. The van der Waals surface area contributed by atoms with E-state index in [-0.39, 0.29) is 0 Å². The summed E-state index contributed by atoms with van der Waals surface area (Å²) in [5, 5.41) is 6.72. The Morgan fingerprint density at radius 2 is 1.46 bits per heavy atom. The van der Waals surface area contributed by atoms with Crippen molar-refractivity contribution in [3.05, 3.63) is 70.8 Å². The molecule has 1 aliphatic heterocycles. The van der Waals surface area contributed by atoms with Crippen LogP contribution in [0.1, 0.15) is 35.1 Å². The van der Waals surface area contributed by atoms with Crippen LogP contribution >= 0.6 is 0 Å². The van der Waals surface area contributed by atoms with Gasteiger partial charge in [-0.1, -0.05) is 54.1 Å². The van der Waals surface area contributed by atoms with Crippen LogP contribution in [0.4, 0.5) is 0 Å². The van der Waals surface area contributed by atoms with Crippen molar-refractivity contribution in [2.75, 3.05) is 20.3 Å². The molecule has 0 spiro atoms. The third kappa shape index (κ3) is 6.66. The molecule has 5 nitrogen and oxygen atoms in total. The summed E-state index contributed by atoms with van der Waals surface area (Å²) in [7, 11) is 1.79. The summed E-state index contributed by atoms with van der Waals surface area (Å²) in [5.74, 6) is 0.799. The van der Waals surface area contributed by atoms with E-state index >= 15 is 0 Å². The fourth-order valence-electron chi connectivity index (χ4n) is 3.11. The minimum atomic E-state index is 0.332. The highest BCUT2D eigenvalue weighted by Crippen LogP contribution is 2.14. The van der Waals surface area contributed by atoms with Gasteiger partial charge in [0.05, 0.1) is 12.7 Å². The molecule has 3 rings (SSSR count). The van der Waals surface area contributed by atoms with Crippen LogP contribution in [0.3, 0.4) is 0 Å². The molecule has 1 heterocycles. The van der Waals surface area contributed by atoms with Gasteiger partial charge in [0.25, 0.3) is 0 Å². The van der Waals surface area contributed by atoms with Gasteiger partial charge in [-0.25, -0.2) is 0 Å². The Kier molecular flexibility index (Phi) is 7.88. The lowest BCUT2D eigenvalue weighted by Crippen LogP contribution is -2.36. The highest BCUT2D eigenvalue weighted by atomic mass is 16.5. The summed E-state index contributed by atoms with van der Waals surface area (Å²) >= 11 is 0. The number of hydrogen-bond acceptors (Lipinski definition) is 3. The van der Waals surface area contributed by atoms with Crippen LogP contribution in [-0.2, 0) is 29.2 Å². The van der Waals surface area contributed by atoms with Crippen molar-refractivity contribution in [3.63, 3.8) is 0 Å². The highest BCUT2D eigenvalue weighted by molar-refractivity contribution is 5.79. The quantitative estimate of drug-likeness (QED) is 0.569. The lowest BCUT2D eigenvalue weighted by Gasteiger charge is -2.22. The first-order valence-electron chi connectivity index (χ1n) is 10.00. The molecule has 0 bridgehead atoms. The van der Waals surface area contributed by atoms with Crippen LogP contribution in [0.5, 0.6) is 0 Å². The van der Waals surface area contributed by atoms with Crippen molar-refractivity contribution in [2.24, 2.45) is 4.99 Å². The van der Waals surface area contributed by atoms with Gasteiger partial charge < -0.3 is 20.1 Å². The summed E-state index contributed by atoms with van der Waals surface area (Å²) in [5.41, 5.74) is 4.93. The van der Waals surface area contributed by atoms with E-state index in [4.69, 9.17) is 9.47 Å². The fraction of sp³-hybridized carbons (Fsp3) is 0.435. The molecular formula is C23H31N3O2. The van der Waals surface area contributed by atoms with Crippen molar-refractivity contribution in [2.45, 2.75) is 45.6 Å². The Hall–Kier alpha value is -2.37. The first kappa shape index (κ1) is 20.4. The van der Waals surface area contributed by atoms with Gasteiger partial charge in [-0.3, -0.25) is 4.99 Å². The maximum absolute atomic E-state index is 5.98. The average molecular weight is 382 g/mol. The molecule has 1 fully saturated rings. The number of benzene rings is 2. The van der Waals surface area contributed by atoms with Gasteiger partial charge in [-0.05, 0) is 36.5 Å². The van der Waals surface area contributed by atoms with E-state index in [1.165, 1.54) is 22.3 Å². The van der Waals surface area contributed by atoms with Gasteiger partial charge in [0, 0.05) is 33.4 Å². The van der Waals surface area contributed by atoms with E-state index in [9.17, 15) is 0 Å². The number of nitrogens with zero attached hydrogens (tertiary/aromatic N) is 1. The second kappa shape index (κ2) is 10.8. The monoisotopic (exact) mass is 381 g/mol. The van der Waals surface area contributed by atoms with Crippen molar-refractivity contribution < 1.29 is 9.47 Å². The van der Waals surface area contributed by atoms with Crippen LogP contribution < -0.4 is 10.6 Å². The van der Waals surface area contributed by atoms with Crippen LogP contribution in [-0.4, -0.2) is 32.3 Å². The summed E-state index contributed by atoms with van der Waals surface area (Å²) in [6, 6.07) is 17.1. The normalized spacial score (nSPS) is 15.4. The first-order chi connectivity index (χ1) is 13.7. The number of ether oxygens (including phenoxy) is 2. The molecule has 1 aliphatic rings. The molecule has 28 heavy (non-hydrogen) atoms. The minimum absolute atomic E-state index is 0.332. The number of aryl methyl sites for hydroxylation is 1. The maximum Gasteiger partial charge on any atom is 0.191 e. The summed E-state index contributed by atoms with van der Waals surface area (Å²) < 4.78 is 11.3. The molecular weight excluding hydrogens is 350 g/mol. The summed E-state index contributed by atoms with van der Waals surface area (Å²) in [6.07, 6.45) is 2.32. The molecule has 0 saturated carbocycles. The lowest BCUT2D eigenvalue weighted by atomic mass is 10.1. The van der Waals surface area contributed by atoms with E-state index in [1.807, 2.05) is 0 Å². The molecule has 0 radical (unpaired) electrons. The number of hydrogen-bond donors (Lipinski definition) is 2. The topological polar surface area (TPSA) is 54.9 Å².